The van der Waals surface area contributed by atoms with Crippen LogP contribution in [0, 0.1) is 18.7 Å². The Morgan fingerprint density at radius 3 is 2.29 bits per heavy atom. The molecule has 0 amide bonds. The van der Waals surface area contributed by atoms with Crippen LogP contribution in [0.1, 0.15) is 11.1 Å². The molecule has 0 atom stereocenters. The number of hydrogen-bond donors (Lipinski definition) is 3. The van der Waals surface area contributed by atoms with Gasteiger partial charge < -0.3 is 15.5 Å². The molecule has 0 bridgehead atoms. The van der Waals surface area contributed by atoms with Crippen molar-refractivity contribution in [2.45, 2.75) is 18.5 Å². The van der Waals surface area contributed by atoms with Gasteiger partial charge in [-0.05, 0) is 43.8 Å². The molecule has 0 aliphatic carbocycles. The van der Waals surface area contributed by atoms with Crippen LogP contribution in [-0.4, -0.2) is 51.6 Å². The van der Waals surface area contributed by atoms with Crippen LogP contribution < -0.4 is 5.32 Å². The highest BCUT2D eigenvalue weighted by molar-refractivity contribution is 7.90. The van der Waals surface area contributed by atoms with Gasteiger partial charge in [-0.25, -0.2) is 27.9 Å². The Morgan fingerprint density at radius 1 is 1.12 bits per heavy atom. The normalized spacial score (nSPS) is 11.2. The maximum absolute atomic E-state index is 14.9. The molecule has 0 saturated carbocycles. The Morgan fingerprint density at radius 2 is 1.76 bits per heavy atom. The summed E-state index contributed by atoms with van der Waals surface area (Å²) in [7, 11) is -2.64. The average Bonchev–Trinajstić information content (AvgIpc) is 3.10. The minimum Gasteiger partial charge on any atom is -0.478 e. The summed E-state index contributed by atoms with van der Waals surface area (Å²) in [5, 5.41) is 18.1. The largest absolute Gasteiger partial charge is 0.478 e. The molecule has 3 aromatic rings. The van der Waals surface area contributed by atoms with Gasteiger partial charge in [0, 0.05) is 42.9 Å². The van der Waals surface area contributed by atoms with Crippen molar-refractivity contribution in [1.29, 1.82) is 0 Å². The molecular weight excluding hydrogens is 474 g/mol. The fourth-order valence-corrected chi connectivity index (χ4v) is 4.12. The third-order valence-corrected chi connectivity index (χ3v) is 5.70. The quantitative estimate of drug-likeness (QED) is 0.332. The van der Waals surface area contributed by atoms with Crippen molar-refractivity contribution in [3.05, 3.63) is 77.9 Å². The molecule has 0 aliphatic heterocycles. The second-order valence-electron chi connectivity index (χ2n) is 6.67. The smallest absolute Gasteiger partial charge is 0.328 e. The van der Waals surface area contributed by atoms with Gasteiger partial charge in [0.1, 0.15) is 5.69 Å². The van der Waals surface area contributed by atoms with Crippen molar-refractivity contribution >= 4 is 22.0 Å². The summed E-state index contributed by atoms with van der Waals surface area (Å²) in [4.78, 5) is 26.5. The van der Waals surface area contributed by atoms with Crippen molar-refractivity contribution in [1.82, 2.24) is 19.3 Å². The lowest BCUT2D eigenvalue weighted by atomic mass is 10.2. The molecule has 3 N–H and O–H groups in total. The molecule has 180 valence electrons. The molecule has 34 heavy (non-hydrogen) atoms. The minimum absolute atomic E-state index is 0.0739. The minimum atomic E-state index is -4.23. The Labute approximate surface area is 193 Å². The number of carboxylic acids is 2. The first-order valence-electron chi connectivity index (χ1n) is 9.46. The zero-order valence-corrected chi connectivity index (χ0v) is 18.8. The summed E-state index contributed by atoms with van der Waals surface area (Å²) in [6.45, 7) is 1.79. The van der Waals surface area contributed by atoms with E-state index in [0.717, 1.165) is 10.2 Å². The Kier molecular flexibility index (Phi) is 8.70. The van der Waals surface area contributed by atoms with Crippen LogP contribution in [0.3, 0.4) is 0 Å². The SMILES string of the molecule is CNCc1cn(S(=O)(=O)c2cc(C)ccn2)c(-c2cccnc2F)c1F.O=C(O)/C=C/C(=O)O. The second kappa shape index (κ2) is 11.2. The molecule has 0 aromatic carbocycles. The fraction of sp³-hybridized carbons (Fsp3) is 0.143. The molecule has 3 rings (SSSR count). The van der Waals surface area contributed by atoms with Gasteiger partial charge in [-0.1, -0.05) is 0 Å². The molecule has 0 aliphatic rings. The molecule has 0 unspecified atom stereocenters. The molecule has 10 nitrogen and oxygen atoms in total. The predicted octanol–water partition coefficient (Wildman–Crippen LogP) is 2.20. The number of aromatic nitrogens is 3. The third kappa shape index (κ3) is 6.30. The molecule has 3 aromatic heterocycles. The zero-order chi connectivity index (χ0) is 25.5. The topological polar surface area (TPSA) is 151 Å². The van der Waals surface area contributed by atoms with E-state index in [4.69, 9.17) is 10.2 Å². The first kappa shape index (κ1) is 26.3. The highest BCUT2D eigenvalue weighted by atomic mass is 32.2. The number of rotatable bonds is 7. The van der Waals surface area contributed by atoms with Gasteiger partial charge in [0.25, 0.3) is 10.0 Å². The highest BCUT2D eigenvalue weighted by Crippen LogP contribution is 2.31. The van der Waals surface area contributed by atoms with Crippen LogP contribution in [-0.2, 0) is 26.2 Å². The summed E-state index contributed by atoms with van der Waals surface area (Å²) in [6.07, 6.45) is 4.80. The summed E-state index contributed by atoms with van der Waals surface area (Å²) in [5.41, 5.74) is 0.102. The third-order valence-electron chi connectivity index (χ3n) is 4.15. The number of carbonyl (C=O) groups is 2. The second-order valence-corrected chi connectivity index (χ2v) is 8.43. The first-order valence-corrected chi connectivity index (χ1v) is 10.9. The van der Waals surface area contributed by atoms with Crippen molar-refractivity contribution in [2.24, 2.45) is 0 Å². The molecule has 13 heteroatoms. The maximum Gasteiger partial charge on any atom is 0.328 e. The van der Waals surface area contributed by atoms with E-state index in [9.17, 15) is 26.8 Å². The molecule has 0 saturated heterocycles. The molecule has 0 fully saturated rings. The van der Waals surface area contributed by atoms with E-state index in [2.05, 4.69) is 15.3 Å². The van der Waals surface area contributed by atoms with Crippen molar-refractivity contribution in [2.75, 3.05) is 7.05 Å². The number of carboxylic acid groups (broad SMARTS) is 2. The fourth-order valence-electron chi connectivity index (χ4n) is 2.71. The van der Waals surface area contributed by atoms with Crippen LogP contribution in [0.2, 0.25) is 0 Å². The van der Waals surface area contributed by atoms with E-state index < -0.39 is 39.4 Å². The monoisotopic (exact) mass is 494 g/mol. The highest BCUT2D eigenvalue weighted by Gasteiger charge is 2.29. The Hall–Kier alpha value is -3.97. The molecular formula is C21H20F2N4O6S. The number of aliphatic carboxylic acids is 2. The van der Waals surface area contributed by atoms with E-state index >= 15 is 0 Å². The number of pyridine rings is 2. The lowest BCUT2D eigenvalue weighted by molar-refractivity contribution is -0.134. The van der Waals surface area contributed by atoms with Crippen LogP contribution in [0.15, 0.2) is 60.0 Å². The number of aryl methyl sites for hydroxylation is 1. The van der Waals surface area contributed by atoms with E-state index in [1.807, 2.05) is 0 Å². The van der Waals surface area contributed by atoms with Crippen LogP contribution in [0.5, 0.6) is 0 Å². The lowest BCUT2D eigenvalue weighted by Gasteiger charge is -2.10. The summed E-state index contributed by atoms with van der Waals surface area (Å²) < 4.78 is 55.9. The standard InChI is InChI=1S/C17H16F2N4O2S.C4H4O4/c1-11-5-7-21-14(8-11)26(24,25)23-10-12(9-20-2)15(18)16(23)13-4-3-6-22-17(13)19;5-3(6)1-2-4(7)8/h3-8,10,20H,9H2,1-2H3;1-2H,(H,5,6)(H,7,8)/b;2-1+. The molecule has 0 spiro atoms. The number of nitrogens with zero attached hydrogens (tertiary/aromatic N) is 3. The maximum atomic E-state index is 14.9. The van der Waals surface area contributed by atoms with Gasteiger partial charge >= 0.3 is 11.9 Å². The van der Waals surface area contributed by atoms with Gasteiger partial charge in [0.2, 0.25) is 5.95 Å². The zero-order valence-electron chi connectivity index (χ0n) is 17.9. The number of nitrogens with one attached hydrogen (secondary N) is 1. The van der Waals surface area contributed by atoms with E-state index in [0.29, 0.717) is 17.7 Å². The van der Waals surface area contributed by atoms with Gasteiger partial charge in [-0.15, -0.1) is 0 Å². The van der Waals surface area contributed by atoms with E-state index in [1.54, 1.807) is 20.0 Å². The summed E-state index contributed by atoms with van der Waals surface area (Å²) in [6, 6.07) is 5.70. The van der Waals surface area contributed by atoms with E-state index in [-0.39, 0.29) is 22.7 Å². The molecule has 3 heterocycles. The van der Waals surface area contributed by atoms with Crippen LogP contribution in [0.25, 0.3) is 11.3 Å². The number of halogens is 2. The van der Waals surface area contributed by atoms with Gasteiger partial charge in [-0.2, -0.15) is 12.8 Å². The van der Waals surface area contributed by atoms with Gasteiger partial charge in [0.15, 0.2) is 10.8 Å². The average molecular weight is 494 g/mol. The predicted molar refractivity (Wildman–Crippen MR) is 116 cm³/mol. The summed E-state index contributed by atoms with van der Waals surface area (Å²) >= 11 is 0. The summed E-state index contributed by atoms with van der Waals surface area (Å²) in [5.74, 6) is -4.31. The van der Waals surface area contributed by atoms with E-state index in [1.165, 1.54) is 30.6 Å². The molecule has 0 radical (unpaired) electrons. The van der Waals surface area contributed by atoms with Crippen LogP contribution in [0.4, 0.5) is 8.78 Å². The van der Waals surface area contributed by atoms with Gasteiger partial charge in [-0.3, -0.25) is 0 Å². The van der Waals surface area contributed by atoms with Crippen LogP contribution >= 0.6 is 0 Å². The Balaban J connectivity index is 0.000000440. The van der Waals surface area contributed by atoms with Crippen molar-refractivity contribution in [3.63, 3.8) is 0 Å². The lowest BCUT2D eigenvalue weighted by Crippen LogP contribution is -2.15. The van der Waals surface area contributed by atoms with Gasteiger partial charge in [0.05, 0.1) is 5.56 Å². The Bertz CT molecular complexity index is 1320. The number of hydrogen-bond acceptors (Lipinski definition) is 7. The van der Waals surface area contributed by atoms with Crippen molar-refractivity contribution in [3.8, 4) is 11.3 Å². The first-order chi connectivity index (χ1) is 16.0. The van der Waals surface area contributed by atoms with Crippen molar-refractivity contribution < 1.29 is 37.0 Å².